The zero-order chi connectivity index (χ0) is 9.14. The van der Waals surface area contributed by atoms with Gasteiger partial charge in [0.15, 0.2) is 0 Å². The van der Waals surface area contributed by atoms with Crippen molar-refractivity contribution in [3.63, 3.8) is 0 Å². The zero-order valence-electron chi connectivity index (χ0n) is 6.69. The normalized spacial score (nSPS) is 18.0. The van der Waals surface area contributed by atoms with E-state index >= 15 is 0 Å². The first-order valence-electron chi connectivity index (χ1n) is 3.58. The second-order valence-corrected chi connectivity index (χ2v) is 2.35. The zero-order valence-corrected chi connectivity index (χ0v) is 6.69. The van der Waals surface area contributed by atoms with E-state index in [-0.39, 0.29) is 11.9 Å². The van der Waals surface area contributed by atoms with Crippen molar-refractivity contribution < 1.29 is 9.59 Å². The summed E-state index contributed by atoms with van der Waals surface area (Å²) in [6, 6.07) is -0.378. The van der Waals surface area contributed by atoms with Gasteiger partial charge in [0.1, 0.15) is 0 Å². The third-order valence-electron chi connectivity index (χ3n) is 1.69. The van der Waals surface area contributed by atoms with Gasteiger partial charge in [-0.1, -0.05) is 13.2 Å². The van der Waals surface area contributed by atoms with Gasteiger partial charge in [0.2, 0.25) is 5.91 Å². The van der Waals surface area contributed by atoms with Gasteiger partial charge in [-0.3, -0.25) is 4.79 Å². The average molecular weight is 166 g/mol. The van der Waals surface area contributed by atoms with Crippen LogP contribution in [0.1, 0.15) is 6.42 Å². The van der Waals surface area contributed by atoms with E-state index in [0.29, 0.717) is 13.0 Å². The van der Waals surface area contributed by atoms with E-state index in [4.69, 9.17) is 0 Å². The molecule has 0 spiro atoms. The van der Waals surface area contributed by atoms with Crippen LogP contribution in [0.4, 0.5) is 4.79 Å². The Morgan fingerprint density at radius 1 is 1.25 bits per heavy atom. The topological polar surface area (TPSA) is 40.6 Å². The number of imide groups is 1. The molecule has 1 heterocycles. The Labute approximate surface area is 70.8 Å². The molecule has 0 aliphatic carbocycles. The smallest absolute Gasteiger partial charge is 0.300 e. The van der Waals surface area contributed by atoms with Crippen molar-refractivity contribution in [1.82, 2.24) is 9.80 Å². The van der Waals surface area contributed by atoms with Crippen LogP contribution in [0, 0.1) is 0 Å². The Morgan fingerprint density at radius 3 is 2.42 bits per heavy atom. The molecule has 64 valence electrons. The van der Waals surface area contributed by atoms with Crippen molar-refractivity contribution in [2.24, 2.45) is 0 Å². The monoisotopic (exact) mass is 166 g/mol. The van der Waals surface area contributed by atoms with Crippen molar-refractivity contribution in [2.75, 3.05) is 6.54 Å². The highest BCUT2D eigenvalue weighted by Gasteiger charge is 2.28. The van der Waals surface area contributed by atoms with Crippen LogP contribution in [-0.2, 0) is 4.79 Å². The van der Waals surface area contributed by atoms with Gasteiger partial charge in [0.05, 0.1) is 0 Å². The van der Waals surface area contributed by atoms with Gasteiger partial charge < -0.3 is 4.90 Å². The minimum absolute atomic E-state index is 0.215. The molecule has 0 unspecified atom stereocenters. The molecule has 1 aliphatic heterocycles. The van der Waals surface area contributed by atoms with E-state index in [2.05, 4.69) is 13.2 Å². The molecule has 0 aromatic carbocycles. The van der Waals surface area contributed by atoms with Crippen LogP contribution in [0.15, 0.2) is 25.6 Å². The van der Waals surface area contributed by atoms with E-state index in [1.165, 1.54) is 17.3 Å². The molecular formula is C8H10N2O2. The van der Waals surface area contributed by atoms with Crippen LogP contribution in [0.5, 0.6) is 0 Å². The molecule has 0 bridgehead atoms. The predicted molar refractivity (Wildman–Crippen MR) is 44.0 cm³/mol. The van der Waals surface area contributed by atoms with E-state index in [1.54, 1.807) is 0 Å². The van der Waals surface area contributed by atoms with Crippen LogP contribution in [-0.4, -0.2) is 28.3 Å². The summed E-state index contributed by atoms with van der Waals surface area (Å²) in [7, 11) is 0. The Kier molecular flexibility index (Phi) is 2.28. The van der Waals surface area contributed by atoms with Gasteiger partial charge >= 0.3 is 6.03 Å². The lowest BCUT2D eigenvalue weighted by Crippen LogP contribution is -2.47. The standard InChI is InChI=1S/C8H10N2O2/c1-3-9-6-5-7(11)10(4-2)8(9)12/h3-4H,1-2,5-6H2. The van der Waals surface area contributed by atoms with Gasteiger partial charge in [0.25, 0.3) is 0 Å². The van der Waals surface area contributed by atoms with Crippen LogP contribution >= 0.6 is 0 Å². The summed E-state index contributed by atoms with van der Waals surface area (Å²) in [6.45, 7) is 7.25. The lowest BCUT2D eigenvalue weighted by Gasteiger charge is -2.29. The predicted octanol–water partition coefficient (Wildman–Crippen LogP) is 0.928. The van der Waals surface area contributed by atoms with E-state index in [9.17, 15) is 9.59 Å². The fourth-order valence-corrected chi connectivity index (χ4v) is 1.03. The molecule has 3 amide bonds. The van der Waals surface area contributed by atoms with Crippen molar-refractivity contribution in [3.05, 3.63) is 25.6 Å². The number of hydrogen-bond acceptors (Lipinski definition) is 2. The molecule has 1 saturated heterocycles. The minimum Gasteiger partial charge on any atom is -0.300 e. The Bertz CT molecular complexity index is 247. The molecule has 1 aliphatic rings. The van der Waals surface area contributed by atoms with E-state index in [0.717, 1.165) is 4.90 Å². The quantitative estimate of drug-likeness (QED) is 0.612. The maximum Gasteiger partial charge on any atom is 0.334 e. The van der Waals surface area contributed by atoms with Gasteiger partial charge in [-0.05, 0) is 0 Å². The number of hydrogen-bond donors (Lipinski definition) is 0. The first kappa shape index (κ1) is 8.52. The molecule has 12 heavy (non-hydrogen) atoms. The Balaban J connectivity index is 2.83. The molecule has 1 fully saturated rings. The summed E-state index contributed by atoms with van der Waals surface area (Å²) < 4.78 is 0. The number of urea groups is 1. The van der Waals surface area contributed by atoms with Crippen LogP contribution in [0.25, 0.3) is 0 Å². The molecule has 0 aromatic rings. The fraction of sp³-hybridized carbons (Fsp3) is 0.250. The Morgan fingerprint density at radius 2 is 1.92 bits per heavy atom. The summed E-state index contributed by atoms with van der Waals surface area (Å²) in [5, 5.41) is 0. The number of amides is 3. The maximum absolute atomic E-state index is 11.3. The average Bonchev–Trinajstić information content (AvgIpc) is 2.06. The van der Waals surface area contributed by atoms with Crippen LogP contribution in [0.3, 0.4) is 0 Å². The highest BCUT2D eigenvalue weighted by Crippen LogP contribution is 2.10. The fourth-order valence-electron chi connectivity index (χ4n) is 1.03. The summed E-state index contributed by atoms with van der Waals surface area (Å²) in [5.41, 5.74) is 0. The van der Waals surface area contributed by atoms with Gasteiger partial charge in [-0.15, -0.1) is 0 Å². The summed E-state index contributed by atoms with van der Waals surface area (Å²) in [5.74, 6) is -0.215. The third-order valence-corrected chi connectivity index (χ3v) is 1.69. The third kappa shape index (κ3) is 1.23. The molecular weight excluding hydrogens is 156 g/mol. The van der Waals surface area contributed by atoms with Crippen molar-refractivity contribution in [3.8, 4) is 0 Å². The number of nitrogens with zero attached hydrogens (tertiary/aromatic N) is 2. The number of rotatable bonds is 2. The van der Waals surface area contributed by atoms with Gasteiger partial charge in [0, 0.05) is 25.4 Å². The van der Waals surface area contributed by atoms with Crippen molar-refractivity contribution in [1.29, 1.82) is 0 Å². The number of carbonyl (C=O) groups is 2. The van der Waals surface area contributed by atoms with Crippen LogP contribution < -0.4 is 0 Å². The first-order chi connectivity index (χ1) is 5.70. The van der Waals surface area contributed by atoms with Crippen molar-refractivity contribution >= 4 is 11.9 Å². The minimum atomic E-state index is -0.378. The largest absolute Gasteiger partial charge is 0.334 e. The molecule has 1 rings (SSSR count). The summed E-state index contributed by atoms with van der Waals surface area (Å²) >= 11 is 0. The second-order valence-electron chi connectivity index (χ2n) is 2.35. The SMILES string of the molecule is C=CN1CCC(=O)N(C=C)C1=O. The summed E-state index contributed by atoms with van der Waals surface area (Å²) in [6.07, 6.45) is 2.95. The molecule has 0 aromatic heterocycles. The highest BCUT2D eigenvalue weighted by atomic mass is 16.2. The molecule has 0 radical (unpaired) electrons. The van der Waals surface area contributed by atoms with Crippen molar-refractivity contribution in [2.45, 2.75) is 6.42 Å². The Hall–Kier alpha value is -1.58. The second kappa shape index (κ2) is 3.21. The van der Waals surface area contributed by atoms with Gasteiger partial charge in [-0.2, -0.15) is 0 Å². The maximum atomic E-state index is 11.3. The van der Waals surface area contributed by atoms with Crippen LogP contribution in [0.2, 0.25) is 0 Å². The molecule has 0 N–H and O–H groups in total. The first-order valence-corrected chi connectivity index (χ1v) is 3.58. The highest BCUT2D eigenvalue weighted by molar-refractivity contribution is 5.98. The molecule has 0 atom stereocenters. The van der Waals surface area contributed by atoms with Gasteiger partial charge in [-0.25, -0.2) is 9.69 Å². The molecule has 0 saturated carbocycles. The van der Waals surface area contributed by atoms with E-state index in [1.807, 2.05) is 0 Å². The lowest BCUT2D eigenvalue weighted by atomic mass is 10.3. The summed E-state index contributed by atoms with van der Waals surface area (Å²) in [4.78, 5) is 24.7. The molecule has 4 heteroatoms. The number of carbonyl (C=O) groups excluding carboxylic acids is 2. The lowest BCUT2D eigenvalue weighted by molar-refractivity contribution is -0.128. The molecule has 4 nitrogen and oxygen atoms in total. The van der Waals surface area contributed by atoms with E-state index < -0.39 is 0 Å².